The average molecular weight is 446 g/mol. The van der Waals surface area contributed by atoms with Gasteiger partial charge in [-0.25, -0.2) is 0 Å². The van der Waals surface area contributed by atoms with Gasteiger partial charge in [-0.05, 0) is 45.0 Å². The van der Waals surface area contributed by atoms with Crippen LogP contribution in [0.3, 0.4) is 0 Å². The van der Waals surface area contributed by atoms with Crippen molar-refractivity contribution in [1.82, 2.24) is 14.0 Å². The van der Waals surface area contributed by atoms with Gasteiger partial charge in [-0.15, -0.1) is 5.11 Å². The average Bonchev–Trinajstić information content (AvgIpc) is 3.01. The Morgan fingerprint density at radius 1 is 1.03 bits per heavy atom. The summed E-state index contributed by atoms with van der Waals surface area (Å²) in [5.41, 5.74) is -0.529. The zero-order chi connectivity index (χ0) is 22.9. The van der Waals surface area contributed by atoms with Crippen molar-refractivity contribution in [3.8, 4) is 5.88 Å². The molecule has 2 unspecified atom stereocenters. The molecule has 2 amide bonds. The second-order valence-corrected chi connectivity index (χ2v) is 7.81. The summed E-state index contributed by atoms with van der Waals surface area (Å²) in [6.07, 6.45) is 6.32. The van der Waals surface area contributed by atoms with E-state index in [0.717, 1.165) is 0 Å². The quantitative estimate of drug-likeness (QED) is 0.393. The maximum absolute atomic E-state index is 13.1. The Bertz CT molecular complexity index is 1110. The van der Waals surface area contributed by atoms with Gasteiger partial charge in [0, 0.05) is 19.1 Å². The monoisotopic (exact) mass is 445 g/mol. The number of allylic oxidation sites excluding steroid dienone is 2. The second kappa shape index (κ2) is 9.09. The minimum Gasteiger partial charge on any atom is -0.493 e. The van der Waals surface area contributed by atoms with Crippen molar-refractivity contribution in [2.24, 2.45) is 22.1 Å². The van der Waals surface area contributed by atoms with Gasteiger partial charge in [0.1, 0.15) is 0 Å². The van der Waals surface area contributed by atoms with Crippen LogP contribution >= 0.6 is 12.2 Å². The largest absolute Gasteiger partial charge is 0.493 e. The van der Waals surface area contributed by atoms with Gasteiger partial charge in [0.05, 0.1) is 17.5 Å². The molecule has 1 N–H and O–H groups in total. The molecule has 1 aromatic rings. The highest BCUT2D eigenvalue weighted by molar-refractivity contribution is 7.71. The number of carbonyl (C=O) groups excluding carboxylic acids is 2. The van der Waals surface area contributed by atoms with Crippen molar-refractivity contribution in [2.45, 2.75) is 59.7 Å². The molecule has 2 atom stereocenters. The highest BCUT2D eigenvalue weighted by Gasteiger charge is 2.50. The van der Waals surface area contributed by atoms with Gasteiger partial charge < -0.3 is 5.11 Å². The molecule has 1 saturated heterocycles. The number of aromatic hydroxyl groups is 1. The summed E-state index contributed by atoms with van der Waals surface area (Å²) in [4.78, 5) is 40.1. The third-order valence-corrected chi connectivity index (χ3v) is 6.31. The topological polar surface area (TPSA) is 109 Å². The van der Waals surface area contributed by atoms with Crippen molar-refractivity contribution in [2.75, 3.05) is 0 Å². The van der Waals surface area contributed by atoms with Crippen LogP contribution in [0.2, 0.25) is 0 Å². The van der Waals surface area contributed by atoms with Crippen LogP contribution in [0.15, 0.2) is 38.9 Å². The van der Waals surface area contributed by atoms with Crippen molar-refractivity contribution in [1.29, 1.82) is 0 Å². The van der Waals surface area contributed by atoms with Crippen LogP contribution in [0.1, 0.15) is 40.5 Å². The van der Waals surface area contributed by atoms with Crippen LogP contribution in [0.25, 0.3) is 0 Å². The molecule has 1 aromatic heterocycles. The lowest BCUT2D eigenvalue weighted by Crippen LogP contribution is -2.40. The van der Waals surface area contributed by atoms with Crippen molar-refractivity contribution in [3.63, 3.8) is 0 Å². The van der Waals surface area contributed by atoms with Crippen LogP contribution in [0.5, 0.6) is 5.88 Å². The number of fused-ring (bicyclic) bond motifs is 1. The van der Waals surface area contributed by atoms with Gasteiger partial charge in [-0.2, -0.15) is 5.11 Å². The molecule has 1 aliphatic heterocycles. The fourth-order valence-corrected chi connectivity index (χ4v) is 4.57. The lowest BCUT2D eigenvalue weighted by molar-refractivity contribution is -0.142. The SMILES string of the molecule is CCC(CC)N1C(=O)C2C=CC=C(N=Nc3c(O)n(CC)c(=S)n(CC)c3=O)C2C1=O. The Hall–Kier alpha value is -2.88. The lowest BCUT2D eigenvalue weighted by Gasteiger charge is -2.24. The summed E-state index contributed by atoms with van der Waals surface area (Å²) in [5, 5.41) is 18.7. The molecule has 1 aliphatic carbocycles. The minimum atomic E-state index is -0.783. The molecule has 2 heterocycles. The Labute approximate surface area is 185 Å². The maximum Gasteiger partial charge on any atom is 0.286 e. The van der Waals surface area contributed by atoms with Crippen LogP contribution in [-0.2, 0) is 22.7 Å². The predicted molar refractivity (Wildman–Crippen MR) is 117 cm³/mol. The van der Waals surface area contributed by atoms with Crippen LogP contribution in [0.4, 0.5) is 5.69 Å². The Balaban J connectivity index is 2.03. The normalized spacial score (nSPS) is 20.8. The number of azo groups is 1. The summed E-state index contributed by atoms with van der Waals surface area (Å²) in [7, 11) is 0. The van der Waals surface area contributed by atoms with E-state index in [0.29, 0.717) is 25.9 Å². The smallest absolute Gasteiger partial charge is 0.286 e. The molecule has 0 saturated carbocycles. The van der Waals surface area contributed by atoms with Crippen molar-refractivity contribution in [3.05, 3.63) is 39.0 Å². The van der Waals surface area contributed by atoms with Crippen LogP contribution < -0.4 is 5.56 Å². The van der Waals surface area contributed by atoms with Crippen LogP contribution in [0, 0.1) is 16.6 Å². The molecule has 0 aromatic carbocycles. The van der Waals surface area contributed by atoms with Gasteiger partial charge >= 0.3 is 0 Å². The molecule has 31 heavy (non-hydrogen) atoms. The van der Waals surface area contributed by atoms with Crippen molar-refractivity contribution >= 4 is 29.7 Å². The first-order chi connectivity index (χ1) is 14.8. The molecule has 10 heteroatoms. The molecule has 2 aliphatic rings. The van der Waals surface area contributed by atoms with Crippen LogP contribution in [-0.4, -0.2) is 37.0 Å². The zero-order valence-electron chi connectivity index (χ0n) is 18.1. The van der Waals surface area contributed by atoms with E-state index in [2.05, 4.69) is 10.2 Å². The zero-order valence-corrected chi connectivity index (χ0v) is 18.9. The molecule has 0 spiro atoms. The van der Waals surface area contributed by atoms with Gasteiger partial charge in [-0.1, -0.05) is 26.0 Å². The molecule has 166 valence electrons. The first kappa shape index (κ1) is 22.8. The number of hydrogen-bond donors (Lipinski definition) is 1. The number of nitrogens with zero attached hydrogens (tertiary/aromatic N) is 5. The molecule has 3 rings (SSSR count). The summed E-state index contributed by atoms with van der Waals surface area (Å²) in [6, 6.07) is -0.166. The van der Waals surface area contributed by atoms with E-state index in [1.807, 2.05) is 13.8 Å². The molecule has 0 radical (unpaired) electrons. The number of aromatic nitrogens is 2. The number of amides is 2. The van der Waals surface area contributed by atoms with E-state index in [9.17, 15) is 19.5 Å². The third-order valence-electron chi connectivity index (χ3n) is 5.87. The van der Waals surface area contributed by atoms with E-state index in [-0.39, 0.29) is 39.9 Å². The van der Waals surface area contributed by atoms with E-state index in [4.69, 9.17) is 12.2 Å². The molecular weight excluding hydrogens is 418 g/mol. The fraction of sp³-hybridized carbons (Fsp3) is 0.524. The number of likely N-dealkylation sites (tertiary alicyclic amines) is 1. The van der Waals surface area contributed by atoms with E-state index in [1.165, 1.54) is 14.0 Å². The van der Waals surface area contributed by atoms with Gasteiger partial charge in [0.15, 0.2) is 4.77 Å². The van der Waals surface area contributed by atoms with Gasteiger partial charge in [0.25, 0.3) is 5.56 Å². The second-order valence-electron chi connectivity index (χ2n) is 7.45. The third kappa shape index (κ3) is 3.69. The van der Waals surface area contributed by atoms with E-state index < -0.39 is 17.4 Å². The summed E-state index contributed by atoms with van der Waals surface area (Å²) in [6.45, 7) is 8.10. The summed E-state index contributed by atoms with van der Waals surface area (Å²) < 4.78 is 2.92. The first-order valence-electron chi connectivity index (χ1n) is 10.6. The summed E-state index contributed by atoms with van der Waals surface area (Å²) >= 11 is 5.27. The summed E-state index contributed by atoms with van der Waals surface area (Å²) in [5.74, 6) is -2.34. The Morgan fingerprint density at radius 2 is 1.68 bits per heavy atom. The molecule has 9 nitrogen and oxygen atoms in total. The lowest BCUT2D eigenvalue weighted by atomic mass is 9.88. The molecule has 0 bridgehead atoms. The Morgan fingerprint density at radius 3 is 2.26 bits per heavy atom. The number of carbonyl (C=O) groups is 2. The highest BCUT2D eigenvalue weighted by Crippen LogP contribution is 2.38. The predicted octanol–water partition coefficient (Wildman–Crippen LogP) is 3.45. The minimum absolute atomic E-state index is 0.166. The fourth-order valence-electron chi connectivity index (χ4n) is 4.14. The number of imide groups is 1. The van der Waals surface area contributed by atoms with Crippen molar-refractivity contribution < 1.29 is 14.7 Å². The molecule has 1 fully saturated rings. The highest BCUT2D eigenvalue weighted by atomic mass is 32.1. The van der Waals surface area contributed by atoms with E-state index in [1.54, 1.807) is 32.1 Å². The number of hydrogen-bond acceptors (Lipinski definition) is 7. The standard InChI is InChI=1S/C21H27N5O4S/c1-5-12(6-2)26-17(27)13-10-9-11-14(15(13)18(26)28)22-23-16-19(29)24(7-3)21(31)25(8-4)20(16)30/h9-13,15,29H,5-8H2,1-4H3. The van der Waals surface area contributed by atoms with Gasteiger partial charge in [0.2, 0.25) is 23.4 Å². The van der Waals surface area contributed by atoms with Gasteiger partial charge in [-0.3, -0.25) is 28.4 Å². The number of rotatable bonds is 7. The maximum atomic E-state index is 13.1. The first-order valence-corrected chi connectivity index (χ1v) is 11.0. The molecular formula is C21H27N5O4S. The van der Waals surface area contributed by atoms with E-state index >= 15 is 0 Å². The Kier molecular flexibility index (Phi) is 6.68.